The number of ketones is 1. The molecule has 7 heteroatoms. The molecule has 0 saturated carbocycles. The van der Waals surface area contributed by atoms with E-state index in [4.69, 9.17) is 14.2 Å². The summed E-state index contributed by atoms with van der Waals surface area (Å²) < 4.78 is 16.6. The van der Waals surface area contributed by atoms with Crippen molar-refractivity contribution >= 4 is 17.2 Å². The van der Waals surface area contributed by atoms with Crippen LogP contribution in [0.25, 0.3) is 0 Å². The van der Waals surface area contributed by atoms with Gasteiger partial charge in [-0.15, -0.1) is 0 Å². The molecule has 5 rings (SSSR count). The molecule has 0 unspecified atom stereocenters. The monoisotopic (exact) mass is 457 g/mol. The summed E-state index contributed by atoms with van der Waals surface area (Å²) in [5.74, 6) is 1.78. The minimum atomic E-state index is -0.262. The number of aromatic nitrogens is 1. The Morgan fingerprint density at radius 2 is 1.53 bits per heavy atom. The Morgan fingerprint density at radius 3 is 2.18 bits per heavy atom. The molecule has 34 heavy (non-hydrogen) atoms. The molecule has 174 valence electrons. The summed E-state index contributed by atoms with van der Waals surface area (Å²) in [5, 5.41) is 7.15. The van der Waals surface area contributed by atoms with Crippen LogP contribution in [-0.2, 0) is 4.79 Å². The van der Waals surface area contributed by atoms with E-state index in [9.17, 15) is 4.79 Å². The number of hydrogen-bond acceptors (Lipinski definition) is 7. The maximum atomic E-state index is 13.7. The van der Waals surface area contributed by atoms with Crippen LogP contribution in [0, 0.1) is 0 Å². The highest BCUT2D eigenvalue weighted by Gasteiger charge is 2.36. The van der Waals surface area contributed by atoms with E-state index >= 15 is 0 Å². The molecule has 3 aromatic rings. The number of para-hydroxylation sites is 2. The van der Waals surface area contributed by atoms with Crippen LogP contribution in [0.2, 0.25) is 0 Å². The molecule has 1 aliphatic carbocycles. The van der Waals surface area contributed by atoms with E-state index in [-0.39, 0.29) is 17.7 Å². The third kappa shape index (κ3) is 3.83. The predicted octanol–water partition coefficient (Wildman–Crippen LogP) is 5.09. The molecule has 0 fully saturated rings. The van der Waals surface area contributed by atoms with Gasteiger partial charge < -0.3 is 24.8 Å². The molecule has 7 nitrogen and oxygen atoms in total. The number of ether oxygens (including phenoxy) is 3. The highest BCUT2D eigenvalue weighted by atomic mass is 16.5. The first-order chi connectivity index (χ1) is 16.6. The number of pyridine rings is 1. The number of nitrogens with zero attached hydrogens (tertiary/aromatic N) is 1. The molecule has 2 N–H and O–H groups in total. The Kier molecular flexibility index (Phi) is 5.84. The van der Waals surface area contributed by atoms with Crippen LogP contribution < -0.4 is 24.8 Å². The normalized spacial score (nSPS) is 19.2. The van der Waals surface area contributed by atoms with E-state index in [1.807, 2.05) is 48.5 Å². The zero-order chi connectivity index (χ0) is 23.7. The van der Waals surface area contributed by atoms with Crippen LogP contribution in [0.3, 0.4) is 0 Å². The number of Topliss-reactive ketones (excluding diaryl/α,β-unsaturated/α-hetero) is 1. The van der Waals surface area contributed by atoms with Gasteiger partial charge in [-0.05, 0) is 59.9 Å². The number of rotatable bonds is 5. The average Bonchev–Trinajstić information content (AvgIpc) is 3.05. The Hall–Kier alpha value is -4.00. The summed E-state index contributed by atoms with van der Waals surface area (Å²) in [4.78, 5) is 17.8. The van der Waals surface area contributed by atoms with Crippen molar-refractivity contribution in [3.63, 3.8) is 0 Å². The topological polar surface area (TPSA) is 81.7 Å². The van der Waals surface area contributed by atoms with E-state index in [1.165, 1.54) is 0 Å². The fraction of sp³-hybridized carbons (Fsp3) is 0.259. The summed E-state index contributed by atoms with van der Waals surface area (Å²) in [7, 11) is 4.78. The molecule has 0 spiro atoms. The molecule has 0 amide bonds. The number of nitrogens with one attached hydrogen (secondary N) is 2. The number of anilines is 2. The number of carbonyl (C=O) groups excluding carboxylic acids is 1. The average molecular weight is 458 g/mol. The van der Waals surface area contributed by atoms with Crippen molar-refractivity contribution in [1.82, 2.24) is 4.98 Å². The molecule has 0 bridgehead atoms. The van der Waals surface area contributed by atoms with Crippen molar-refractivity contribution in [2.75, 3.05) is 32.0 Å². The summed E-state index contributed by atoms with van der Waals surface area (Å²) in [6.07, 6.45) is 4.58. The minimum absolute atomic E-state index is 0.0317. The van der Waals surface area contributed by atoms with E-state index in [2.05, 4.69) is 15.6 Å². The molecule has 0 saturated heterocycles. The van der Waals surface area contributed by atoms with Crippen molar-refractivity contribution in [3.8, 4) is 17.2 Å². The van der Waals surface area contributed by atoms with Gasteiger partial charge in [0, 0.05) is 30.1 Å². The number of fused-ring (bicyclic) bond motifs is 1. The van der Waals surface area contributed by atoms with Crippen LogP contribution in [0.15, 0.2) is 72.2 Å². The van der Waals surface area contributed by atoms with Crippen molar-refractivity contribution < 1.29 is 19.0 Å². The van der Waals surface area contributed by atoms with Crippen LogP contribution in [-0.4, -0.2) is 32.1 Å². The molecular formula is C27H27N3O4. The number of methoxy groups -OCH3 is 3. The second kappa shape index (κ2) is 9.09. The zero-order valence-corrected chi connectivity index (χ0v) is 19.4. The summed E-state index contributed by atoms with van der Waals surface area (Å²) in [6.45, 7) is 0. The van der Waals surface area contributed by atoms with Crippen LogP contribution in [0.1, 0.15) is 35.9 Å². The molecule has 1 aliphatic heterocycles. The Morgan fingerprint density at radius 1 is 0.853 bits per heavy atom. The Bertz CT molecular complexity index is 1230. The number of hydrogen-bond donors (Lipinski definition) is 2. The lowest BCUT2D eigenvalue weighted by Gasteiger charge is -2.30. The van der Waals surface area contributed by atoms with Gasteiger partial charge in [-0.3, -0.25) is 9.78 Å². The first-order valence-corrected chi connectivity index (χ1v) is 11.2. The SMILES string of the molecule is COc1cc([C@H]2CC(=O)C3=C(C2)Nc2ccccc2N[C@@H]3c2ccncc2)cc(OC)c1OC. The van der Waals surface area contributed by atoms with Crippen molar-refractivity contribution in [3.05, 3.63) is 83.3 Å². The van der Waals surface area contributed by atoms with E-state index < -0.39 is 0 Å². The van der Waals surface area contributed by atoms with Gasteiger partial charge in [0.25, 0.3) is 0 Å². The second-order valence-electron chi connectivity index (χ2n) is 8.41. The third-order valence-corrected chi connectivity index (χ3v) is 6.51. The van der Waals surface area contributed by atoms with Gasteiger partial charge in [0.05, 0.1) is 38.7 Å². The smallest absolute Gasteiger partial charge is 0.203 e. The fourth-order valence-corrected chi connectivity index (χ4v) is 4.87. The van der Waals surface area contributed by atoms with E-state index in [0.29, 0.717) is 30.1 Å². The van der Waals surface area contributed by atoms with Gasteiger partial charge in [0.15, 0.2) is 17.3 Å². The zero-order valence-electron chi connectivity index (χ0n) is 19.4. The highest BCUT2D eigenvalue weighted by molar-refractivity contribution is 6.01. The van der Waals surface area contributed by atoms with Gasteiger partial charge in [-0.1, -0.05) is 12.1 Å². The lowest BCUT2D eigenvalue weighted by Crippen LogP contribution is -2.27. The molecular weight excluding hydrogens is 430 g/mol. The van der Waals surface area contributed by atoms with Crippen LogP contribution in [0.5, 0.6) is 17.2 Å². The molecule has 2 heterocycles. The summed E-state index contributed by atoms with van der Waals surface area (Å²) in [5.41, 5.74) is 5.57. The first-order valence-electron chi connectivity index (χ1n) is 11.2. The summed E-state index contributed by atoms with van der Waals surface area (Å²) in [6, 6.07) is 15.5. The second-order valence-corrected chi connectivity index (χ2v) is 8.41. The maximum absolute atomic E-state index is 13.7. The standard InChI is InChI=1S/C27H27N3O4/c1-32-23-14-18(15-24(33-2)27(23)34-3)17-12-21-25(22(31)13-17)26(16-8-10-28-11-9-16)30-20-7-5-4-6-19(20)29-21/h4-11,14-15,17,26,29-30H,12-13H2,1-3H3/t17-,26-/m1/s1. The van der Waals surface area contributed by atoms with Gasteiger partial charge in [0.1, 0.15) is 0 Å². The molecule has 0 radical (unpaired) electrons. The third-order valence-electron chi connectivity index (χ3n) is 6.51. The van der Waals surface area contributed by atoms with Gasteiger partial charge in [-0.2, -0.15) is 0 Å². The van der Waals surface area contributed by atoms with Crippen LogP contribution in [0.4, 0.5) is 11.4 Å². The predicted molar refractivity (Wildman–Crippen MR) is 131 cm³/mol. The fourth-order valence-electron chi connectivity index (χ4n) is 4.87. The first kappa shape index (κ1) is 21.8. The van der Waals surface area contributed by atoms with Crippen LogP contribution >= 0.6 is 0 Å². The molecule has 1 aromatic heterocycles. The minimum Gasteiger partial charge on any atom is -0.493 e. The summed E-state index contributed by atoms with van der Waals surface area (Å²) >= 11 is 0. The number of carbonyl (C=O) groups is 1. The van der Waals surface area contributed by atoms with E-state index in [0.717, 1.165) is 33.8 Å². The largest absolute Gasteiger partial charge is 0.493 e. The lowest BCUT2D eigenvalue weighted by molar-refractivity contribution is -0.116. The van der Waals surface area contributed by atoms with Gasteiger partial charge in [0.2, 0.25) is 5.75 Å². The molecule has 2 aromatic carbocycles. The van der Waals surface area contributed by atoms with Gasteiger partial charge >= 0.3 is 0 Å². The Balaban J connectivity index is 1.59. The Labute approximate surface area is 198 Å². The quantitative estimate of drug-likeness (QED) is 0.552. The van der Waals surface area contributed by atoms with E-state index in [1.54, 1.807) is 33.7 Å². The van der Waals surface area contributed by atoms with Crippen molar-refractivity contribution in [1.29, 1.82) is 0 Å². The molecule has 2 aliphatic rings. The number of benzene rings is 2. The highest BCUT2D eigenvalue weighted by Crippen LogP contribution is 2.47. The van der Waals surface area contributed by atoms with Crippen molar-refractivity contribution in [2.45, 2.75) is 24.8 Å². The number of allylic oxidation sites excluding steroid dienone is 1. The maximum Gasteiger partial charge on any atom is 0.203 e. The van der Waals surface area contributed by atoms with Gasteiger partial charge in [-0.25, -0.2) is 0 Å². The molecule has 2 atom stereocenters. The lowest BCUT2D eigenvalue weighted by atomic mass is 9.78. The van der Waals surface area contributed by atoms with Crippen molar-refractivity contribution in [2.24, 2.45) is 0 Å².